The van der Waals surface area contributed by atoms with E-state index in [0.717, 1.165) is 0 Å². The van der Waals surface area contributed by atoms with Crippen LogP contribution in [0.2, 0.25) is 0 Å². The average molecular weight is 273 g/mol. The van der Waals surface area contributed by atoms with E-state index >= 15 is 0 Å². The van der Waals surface area contributed by atoms with Crippen molar-refractivity contribution in [2.45, 2.75) is 6.42 Å². The number of aliphatic carboxylic acids is 1. The van der Waals surface area contributed by atoms with Gasteiger partial charge in [-0.25, -0.2) is 4.79 Å². The monoisotopic (exact) mass is 273 g/mol. The smallest absolute Gasteiger partial charge is 0.324 e. The summed E-state index contributed by atoms with van der Waals surface area (Å²) in [5.41, 5.74) is 1.25. The predicted octanol–water partition coefficient (Wildman–Crippen LogP) is 1.52. The number of carbonyl (C=O) groups is 2. The third-order valence-electron chi connectivity index (χ3n) is 3.36. The van der Waals surface area contributed by atoms with Gasteiger partial charge >= 0.3 is 12.0 Å². The summed E-state index contributed by atoms with van der Waals surface area (Å²) in [6.07, 6.45) is 0.102. The topological polar surface area (TPSA) is 84.6 Å². The molecule has 1 aliphatic rings. The maximum atomic E-state index is 12.2. The van der Waals surface area contributed by atoms with E-state index in [2.05, 4.69) is 0 Å². The molecule has 1 saturated heterocycles. The predicted molar refractivity (Wildman–Crippen MR) is 72.3 cm³/mol. The summed E-state index contributed by atoms with van der Waals surface area (Å²) >= 11 is 0. The molecule has 6 nitrogen and oxygen atoms in total. The number of benzene rings is 1. The molecule has 0 unspecified atom stereocenters. The molecule has 0 atom stereocenters. The number of rotatable bonds is 3. The molecule has 2 rings (SSSR count). The number of anilines is 1. The highest BCUT2D eigenvalue weighted by molar-refractivity contribution is 5.92. The summed E-state index contributed by atoms with van der Waals surface area (Å²) < 4.78 is 0. The zero-order valence-corrected chi connectivity index (χ0v) is 11.1. The lowest BCUT2D eigenvalue weighted by atomic mass is 9.97. The van der Waals surface area contributed by atoms with Gasteiger partial charge in [0, 0.05) is 31.7 Å². The van der Waals surface area contributed by atoms with Gasteiger partial charge in [-0.3, -0.25) is 9.69 Å². The van der Waals surface area contributed by atoms with Crippen LogP contribution in [0.1, 0.15) is 12.0 Å². The molecule has 0 aromatic heterocycles. The highest BCUT2D eigenvalue weighted by Crippen LogP contribution is 2.23. The lowest BCUT2D eigenvalue weighted by Crippen LogP contribution is -2.54. The normalized spacial score (nSPS) is 14.3. The van der Waals surface area contributed by atoms with Crippen LogP contribution in [0.4, 0.5) is 10.5 Å². The lowest BCUT2D eigenvalue weighted by Gasteiger charge is -2.40. The van der Waals surface area contributed by atoms with Crippen LogP contribution >= 0.6 is 0 Å². The second-order valence-electron chi connectivity index (χ2n) is 4.87. The average Bonchev–Trinajstić information content (AvgIpc) is 2.40. The fourth-order valence-electron chi connectivity index (χ4n) is 2.18. The molecule has 0 radical (unpaired) electrons. The second-order valence-corrected chi connectivity index (χ2v) is 4.87. The number of nitriles is 1. The number of amides is 2. The van der Waals surface area contributed by atoms with Crippen LogP contribution in [0.15, 0.2) is 24.3 Å². The van der Waals surface area contributed by atoms with E-state index in [-0.39, 0.29) is 18.4 Å². The first-order valence-electron chi connectivity index (χ1n) is 6.26. The third-order valence-corrected chi connectivity index (χ3v) is 3.36. The molecule has 0 spiro atoms. The molecular weight excluding hydrogens is 258 g/mol. The zero-order valence-electron chi connectivity index (χ0n) is 11.1. The molecule has 0 aliphatic carbocycles. The van der Waals surface area contributed by atoms with Crippen molar-refractivity contribution in [1.29, 1.82) is 5.26 Å². The van der Waals surface area contributed by atoms with Gasteiger partial charge in [0.1, 0.15) is 0 Å². The van der Waals surface area contributed by atoms with E-state index in [1.807, 2.05) is 6.07 Å². The summed E-state index contributed by atoms with van der Waals surface area (Å²) in [6, 6.07) is 8.60. The summed E-state index contributed by atoms with van der Waals surface area (Å²) in [7, 11) is 1.66. The summed E-state index contributed by atoms with van der Waals surface area (Å²) in [6.45, 7) is 0.956. The van der Waals surface area contributed by atoms with Gasteiger partial charge in [0.05, 0.1) is 18.1 Å². The lowest BCUT2D eigenvalue weighted by molar-refractivity contribution is -0.139. The first kappa shape index (κ1) is 13.9. The SMILES string of the molecule is CN(C(=O)N1CC(CC(=O)O)C1)c1ccc(C#N)cc1. The van der Waals surface area contributed by atoms with Crippen molar-refractivity contribution in [3.63, 3.8) is 0 Å². The van der Waals surface area contributed by atoms with Gasteiger partial charge in [-0.1, -0.05) is 0 Å². The number of hydrogen-bond acceptors (Lipinski definition) is 3. The Hall–Kier alpha value is -2.55. The maximum absolute atomic E-state index is 12.2. The highest BCUT2D eigenvalue weighted by atomic mass is 16.4. The minimum Gasteiger partial charge on any atom is -0.481 e. The van der Waals surface area contributed by atoms with Crippen molar-refractivity contribution < 1.29 is 14.7 Å². The van der Waals surface area contributed by atoms with Gasteiger partial charge in [0.2, 0.25) is 0 Å². The van der Waals surface area contributed by atoms with Crippen LogP contribution < -0.4 is 4.90 Å². The van der Waals surface area contributed by atoms with Crippen LogP contribution in [-0.4, -0.2) is 42.1 Å². The van der Waals surface area contributed by atoms with Gasteiger partial charge in [0.15, 0.2) is 0 Å². The number of nitrogens with zero attached hydrogens (tertiary/aromatic N) is 3. The summed E-state index contributed by atoms with van der Waals surface area (Å²) in [4.78, 5) is 25.8. The first-order valence-corrected chi connectivity index (χ1v) is 6.26. The van der Waals surface area contributed by atoms with Crippen molar-refractivity contribution in [3.05, 3.63) is 29.8 Å². The number of carboxylic acid groups (broad SMARTS) is 1. The minimum absolute atomic E-state index is 0.0471. The van der Waals surface area contributed by atoms with Crippen LogP contribution in [0.5, 0.6) is 0 Å². The number of carbonyl (C=O) groups excluding carboxylic acids is 1. The standard InChI is InChI=1S/C14H15N3O3/c1-16(12-4-2-10(7-15)3-5-12)14(20)17-8-11(9-17)6-13(18)19/h2-5,11H,6,8-9H2,1H3,(H,18,19). The van der Waals surface area contributed by atoms with E-state index in [0.29, 0.717) is 24.3 Å². The van der Waals surface area contributed by atoms with E-state index in [4.69, 9.17) is 10.4 Å². The van der Waals surface area contributed by atoms with Crippen molar-refractivity contribution >= 4 is 17.7 Å². The molecule has 104 valence electrons. The number of hydrogen-bond donors (Lipinski definition) is 1. The highest BCUT2D eigenvalue weighted by Gasteiger charge is 2.33. The summed E-state index contributed by atoms with van der Waals surface area (Å²) in [5.74, 6) is -0.784. The number of urea groups is 1. The molecule has 1 aromatic rings. The van der Waals surface area contributed by atoms with Gasteiger partial charge in [-0.05, 0) is 24.3 Å². The van der Waals surface area contributed by atoms with Gasteiger partial charge < -0.3 is 10.0 Å². The largest absolute Gasteiger partial charge is 0.481 e. The molecule has 2 amide bonds. The van der Waals surface area contributed by atoms with Crippen LogP contribution in [0, 0.1) is 17.2 Å². The van der Waals surface area contributed by atoms with Gasteiger partial charge in [-0.15, -0.1) is 0 Å². The van der Waals surface area contributed by atoms with E-state index in [1.54, 1.807) is 36.2 Å². The van der Waals surface area contributed by atoms with E-state index in [1.165, 1.54) is 4.90 Å². The second kappa shape index (κ2) is 5.61. The Kier molecular flexibility index (Phi) is 3.89. The van der Waals surface area contributed by atoms with Crippen molar-refractivity contribution in [2.24, 2.45) is 5.92 Å². The molecule has 20 heavy (non-hydrogen) atoms. The Labute approximate surface area is 116 Å². The number of likely N-dealkylation sites (tertiary alicyclic amines) is 1. The van der Waals surface area contributed by atoms with Crippen molar-refractivity contribution in [2.75, 3.05) is 25.0 Å². The molecule has 0 saturated carbocycles. The zero-order chi connectivity index (χ0) is 14.7. The van der Waals surface area contributed by atoms with Crippen molar-refractivity contribution in [3.8, 4) is 6.07 Å². The molecule has 0 bridgehead atoms. The minimum atomic E-state index is -0.831. The van der Waals surface area contributed by atoms with Crippen LogP contribution in [0.3, 0.4) is 0 Å². The fourth-order valence-corrected chi connectivity index (χ4v) is 2.18. The van der Waals surface area contributed by atoms with Crippen LogP contribution in [0.25, 0.3) is 0 Å². The van der Waals surface area contributed by atoms with E-state index in [9.17, 15) is 9.59 Å². The van der Waals surface area contributed by atoms with E-state index < -0.39 is 5.97 Å². The maximum Gasteiger partial charge on any atom is 0.324 e. The molecule has 1 fully saturated rings. The first-order chi connectivity index (χ1) is 9.51. The molecular formula is C14H15N3O3. The molecule has 6 heteroatoms. The van der Waals surface area contributed by atoms with Gasteiger partial charge in [-0.2, -0.15) is 5.26 Å². The molecule has 1 aliphatic heterocycles. The van der Waals surface area contributed by atoms with Gasteiger partial charge in [0.25, 0.3) is 0 Å². The Morgan fingerprint density at radius 3 is 2.50 bits per heavy atom. The third kappa shape index (κ3) is 2.88. The van der Waals surface area contributed by atoms with Crippen LogP contribution in [-0.2, 0) is 4.79 Å². The Balaban J connectivity index is 1.93. The van der Waals surface area contributed by atoms with Crippen molar-refractivity contribution in [1.82, 2.24) is 4.90 Å². The Morgan fingerprint density at radius 1 is 1.40 bits per heavy atom. The Morgan fingerprint density at radius 2 is 2.00 bits per heavy atom. The quantitative estimate of drug-likeness (QED) is 0.904. The molecule has 1 aromatic carbocycles. The molecule has 1 N–H and O–H groups in total. The fraction of sp³-hybridized carbons (Fsp3) is 0.357. The molecule has 1 heterocycles. The summed E-state index contributed by atoms with van der Waals surface area (Å²) in [5, 5.41) is 17.4. The Bertz CT molecular complexity index is 556. The number of carboxylic acids is 1.